The van der Waals surface area contributed by atoms with Crippen molar-refractivity contribution in [1.29, 1.82) is 0 Å². The SMILES string of the molecule is CCCN1CCc2c(-c3ccccc3)cc3c(N=O)c(O)[nH]c3c2C1. The maximum Gasteiger partial charge on any atom is 0.219 e. The Balaban J connectivity index is 1.99. The van der Waals surface area contributed by atoms with E-state index in [-0.39, 0.29) is 11.6 Å². The number of aromatic nitrogens is 1. The summed E-state index contributed by atoms with van der Waals surface area (Å²) in [5.74, 6) is -0.148. The number of aromatic hydroxyl groups is 1. The van der Waals surface area contributed by atoms with Crippen LogP contribution in [-0.4, -0.2) is 28.1 Å². The maximum absolute atomic E-state index is 11.2. The molecule has 0 amide bonds. The molecule has 0 aliphatic carbocycles. The van der Waals surface area contributed by atoms with Crippen molar-refractivity contribution < 1.29 is 5.11 Å². The van der Waals surface area contributed by atoms with Crippen LogP contribution in [0.25, 0.3) is 22.0 Å². The van der Waals surface area contributed by atoms with E-state index < -0.39 is 0 Å². The second-order valence-electron chi connectivity index (χ2n) is 6.61. The number of hydrogen-bond acceptors (Lipinski definition) is 4. The predicted molar refractivity (Wildman–Crippen MR) is 100 cm³/mol. The minimum Gasteiger partial charge on any atom is -0.493 e. The summed E-state index contributed by atoms with van der Waals surface area (Å²) < 4.78 is 0. The first-order chi connectivity index (χ1) is 12.2. The molecule has 0 radical (unpaired) electrons. The zero-order chi connectivity index (χ0) is 17.4. The number of aromatic amines is 1. The lowest BCUT2D eigenvalue weighted by Crippen LogP contribution is -2.31. The van der Waals surface area contributed by atoms with Gasteiger partial charge in [0.05, 0.1) is 5.52 Å². The lowest BCUT2D eigenvalue weighted by atomic mass is 9.88. The molecule has 2 N–H and O–H groups in total. The van der Waals surface area contributed by atoms with Gasteiger partial charge in [-0.15, -0.1) is 4.91 Å². The average molecular weight is 335 g/mol. The summed E-state index contributed by atoms with van der Waals surface area (Å²) in [4.78, 5) is 16.6. The third kappa shape index (κ3) is 2.61. The molecule has 0 unspecified atom stereocenters. The number of benzene rings is 2. The van der Waals surface area contributed by atoms with E-state index in [0.717, 1.165) is 49.1 Å². The number of fused-ring (bicyclic) bond motifs is 3. The standard InChI is InChI=1S/C20H21N3O2/c1-2-9-23-10-8-14-15(13-6-4-3-5-7-13)11-16-18(17(14)12-23)21-20(24)19(16)22-25/h3-7,11,21,24H,2,8-10,12H2,1H3. The normalized spacial score (nSPS) is 14.6. The van der Waals surface area contributed by atoms with E-state index in [1.54, 1.807) is 0 Å². The highest BCUT2D eigenvalue weighted by Crippen LogP contribution is 2.43. The number of nitroso groups, excluding NO2 is 1. The fourth-order valence-electron chi connectivity index (χ4n) is 3.92. The smallest absolute Gasteiger partial charge is 0.219 e. The molecule has 2 aromatic carbocycles. The van der Waals surface area contributed by atoms with Crippen LogP contribution in [0, 0.1) is 4.91 Å². The van der Waals surface area contributed by atoms with Crippen molar-refractivity contribution in [3.63, 3.8) is 0 Å². The first kappa shape index (κ1) is 15.8. The Bertz CT molecular complexity index is 931. The van der Waals surface area contributed by atoms with E-state index in [1.165, 1.54) is 11.1 Å². The van der Waals surface area contributed by atoms with Gasteiger partial charge in [0.1, 0.15) is 0 Å². The highest BCUT2D eigenvalue weighted by molar-refractivity contribution is 6.00. The van der Waals surface area contributed by atoms with Gasteiger partial charge in [0.15, 0.2) is 5.69 Å². The minimum absolute atomic E-state index is 0.0996. The number of rotatable bonds is 4. The number of hydrogen-bond donors (Lipinski definition) is 2. The van der Waals surface area contributed by atoms with E-state index in [2.05, 4.69) is 34.1 Å². The summed E-state index contributed by atoms with van der Waals surface area (Å²) in [6.45, 7) is 5.07. The van der Waals surface area contributed by atoms with Gasteiger partial charge in [-0.2, -0.15) is 0 Å². The fraction of sp³-hybridized carbons (Fsp3) is 0.300. The Labute approximate surface area is 146 Å². The Morgan fingerprint density at radius 1 is 1.24 bits per heavy atom. The van der Waals surface area contributed by atoms with Crippen LogP contribution < -0.4 is 0 Å². The van der Waals surface area contributed by atoms with Crippen LogP contribution in [0.2, 0.25) is 0 Å². The molecule has 0 saturated heterocycles. The second kappa shape index (κ2) is 6.33. The lowest BCUT2D eigenvalue weighted by Gasteiger charge is -2.30. The minimum atomic E-state index is -0.148. The summed E-state index contributed by atoms with van der Waals surface area (Å²) in [7, 11) is 0. The van der Waals surface area contributed by atoms with Gasteiger partial charge >= 0.3 is 0 Å². The van der Waals surface area contributed by atoms with Gasteiger partial charge in [0.2, 0.25) is 5.88 Å². The van der Waals surface area contributed by atoms with Crippen LogP contribution in [0.1, 0.15) is 24.5 Å². The average Bonchev–Trinajstić information content (AvgIpc) is 2.97. The molecule has 4 rings (SSSR count). The fourth-order valence-corrected chi connectivity index (χ4v) is 3.92. The third-order valence-electron chi connectivity index (χ3n) is 5.05. The number of nitrogens with zero attached hydrogens (tertiary/aromatic N) is 2. The molecule has 128 valence electrons. The Hall–Kier alpha value is -2.66. The molecule has 1 aromatic heterocycles. The van der Waals surface area contributed by atoms with Crippen molar-refractivity contribution in [2.24, 2.45) is 5.18 Å². The zero-order valence-corrected chi connectivity index (χ0v) is 14.2. The van der Waals surface area contributed by atoms with E-state index in [0.29, 0.717) is 5.39 Å². The molecule has 5 nitrogen and oxygen atoms in total. The second-order valence-corrected chi connectivity index (χ2v) is 6.61. The first-order valence-corrected chi connectivity index (χ1v) is 8.73. The van der Waals surface area contributed by atoms with Gasteiger partial charge in [-0.3, -0.25) is 4.90 Å². The van der Waals surface area contributed by atoms with E-state index in [9.17, 15) is 10.0 Å². The topological polar surface area (TPSA) is 68.7 Å². The molecule has 0 atom stereocenters. The predicted octanol–water partition coefficient (Wildman–Crippen LogP) is 4.71. The molecule has 0 saturated carbocycles. The molecule has 0 fully saturated rings. The molecule has 0 bridgehead atoms. The summed E-state index contributed by atoms with van der Waals surface area (Å²) >= 11 is 0. The van der Waals surface area contributed by atoms with Gasteiger partial charge in [0.25, 0.3) is 0 Å². The Morgan fingerprint density at radius 2 is 2.04 bits per heavy atom. The summed E-state index contributed by atoms with van der Waals surface area (Å²) in [5.41, 5.74) is 5.65. The van der Waals surface area contributed by atoms with Gasteiger partial charge in [-0.25, -0.2) is 0 Å². The quantitative estimate of drug-likeness (QED) is 0.679. The lowest BCUT2D eigenvalue weighted by molar-refractivity contribution is 0.256. The van der Waals surface area contributed by atoms with Gasteiger partial charge in [-0.05, 0) is 52.9 Å². The highest BCUT2D eigenvalue weighted by Gasteiger charge is 2.25. The molecule has 1 aliphatic heterocycles. The summed E-state index contributed by atoms with van der Waals surface area (Å²) in [5, 5.41) is 13.9. The molecule has 0 spiro atoms. The molecular formula is C20H21N3O2. The number of nitrogens with one attached hydrogen (secondary N) is 1. The van der Waals surface area contributed by atoms with Gasteiger partial charge in [-0.1, -0.05) is 37.3 Å². The van der Waals surface area contributed by atoms with Crippen LogP contribution in [-0.2, 0) is 13.0 Å². The van der Waals surface area contributed by atoms with Crippen molar-refractivity contribution >= 4 is 16.6 Å². The molecule has 1 aliphatic rings. The summed E-state index contributed by atoms with van der Waals surface area (Å²) in [6.07, 6.45) is 2.06. The van der Waals surface area contributed by atoms with Crippen LogP contribution in [0.4, 0.5) is 5.69 Å². The van der Waals surface area contributed by atoms with E-state index >= 15 is 0 Å². The van der Waals surface area contributed by atoms with Crippen molar-refractivity contribution in [1.82, 2.24) is 9.88 Å². The van der Waals surface area contributed by atoms with Crippen molar-refractivity contribution in [2.75, 3.05) is 13.1 Å². The van der Waals surface area contributed by atoms with Crippen molar-refractivity contribution in [2.45, 2.75) is 26.3 Å². The van der Waals surface area contributed by atoms with Gasteiger partial charge in [0, 0.05) is 18.5 Å². The maximum atomic E-state index is 11.2. The monoisotopic (exact) mass is 335 g/mol. The van der Waals surface area contributed by atoms with E-state index in [1.807, 2.05) is 24.3 Å². The molecular weight excluding hydrogens is 314 g/mol. The summed E-state index contributed by atoms with van der Waals surface area (Å²) in [6, 6.07) is 12.2. The molecule has 5 heteroatoms. The highest BCUT2D eigenvalue weighted by atomic mass is 16.3. The van der Waals surface area contributed by atoms with Gasteiger partial charge < -0.3 is 10.1 Å². The molecule has 25 heavy (non-hydrogen) atoms. The zero-order valence-electron chi connectivity index (χ0n) is 14.2. The van der Waals surface area contributed by atoms with Crippen molar-refractivity contribution in [3.8, 4) is 17.0 Å². The number of H-pyrrole nitrogens is 1. The van der Waals surface area contributed by atoms with E-state index in [4.69, 9.17) is 0 Å². The third-order valence-corrected chi connectivity index (χ3v) is 5.05. The largest absolute Gasteiger partial charge is 0.493 e. The van der Waals surface area contributed by atoms with Crippen LogP contribution in [0.5, 0.6) is 5.88 Å². The van der Waals surface area contributed by atoms with Crippen LogP contribution in [0.15, 0.2) is 41.6 Å². The van der Waals surface area contributed by atoms with Crippen molar-refractivity contribution in [3.05, 3.63) is 52.4 Å². The van der Waals surface area contributed by atoms with Crippen LogP contribution >= 0.6 is 0 Å². The first-order valence-electron chi connectivity index (χ1n) is 8.73. The Kier molecular flexibility index (Phi) is 4.01. The van der Waals surface area contributed by atoms with Crippen LogP contribution in [0.3, 0.4) is 0 Å². The molecule has 3 aromatic rings. The molecule has 2 heterocycles. The Morgan fingerprint density at radius 3 is 2.76 bits per heavy atom.